The highest BCUT2D eigenvalue weighted by atomic mass is 16.3. The zero-order chi connectivity index (χ0) is 18.1. The van der Waals surface area contributed by atoms with Gasteiger partial charge >= 0.3 is 0 Å². The Morgan fingerprint density at radius 1 is 1.20 bits per heavy atom. The molecule has 1 aromatic heterocycles. The normalized spacial score (nSPS) is 15.6. The standard InChI is InChI=1S/C20H32N2O3/c1-16(2)7-5-3-4-6-11-21-19(23)17-8-12-22(13-9-17)20(24)18-10-14-25-15-18/h10,14-17H,3-9,11-13H2,1-2H3,(H,21,23). The van der Waals surface area contributed by atoms with E-state index in [9.17, 15) is 9.59 Å². The third-order valence-electron chi connectivity index (χ3n) is 4.93. The number of likely N-dealkylation sites (tertiary alicyclic amines) is 1. The summed E-state index contributed by atoms with van der Waals surface area (Å²) in [7, 11) is 0. The minimum atomic E-state index is -0.00555. The largest absolute Gasteiger partial charge is 0.472 e. The third-order valence-corrected chi connectivity index (χ3v) is 4.93. The van der Waals surface area contributed by atoms with Crippen LogP contribution in [-0.2, 0) is 4.79 Å². The summed E-state index contributed by atoms with van der Waals surface area (Å²) in [6, 6.07) is 1.68. The summed E-state index contributed by atoms with van der Waals surface area (Å²) < 4.78 is 4.97. The first-order valence-electron chi connectivity index (χ1n) is 9.67. The lowest BCUT2D eigenvalue weighted by Crippen LogP contribution is -2.43. The van der Waals surface area contributed by atoms with Crippen LogP contribution in [0.15, 0.2) is 23.0 Å². The first kappa shape index (κ1) is 19.5. The van der Waals surface area contributed by atoms with Crippen molar-refractivity contribution in [3.63, 3.8) is 0 Å². The maximum absolute atomic E-state index is 12.3. The van der Waals surface area contributed by atoms with Crippen molar-refractivity contribution in [2.75, 3.05) is 19.6 Å². The highest BCUT2D eigenvalue weighted by Gasteiger charge is 2.27. The Balaban J connectivity index is 1.57. The van der Waals surface area contributed by atoms with Crippen molar-refractivity contribution in [3.05, 3.63) is 24.2 Å². The lowest BCUT2D eigenvalue weighted by molar-refractivity contribution is -0.126. The molecular weight excluding hydrogens is 316 g/mol. The van der Waals surface area contributed by atoms with Crippen LogP contribution >= 0.6 is 0 Å². The molecule has 0 saturated carbocycles. The molecule has 1 fully saturated rings. The quantitative estimate of drug-likeness (QED) is 0.689. The molecule has 0 bridgehead atoms. The van der Waals surface area contributed by atoms with E-state index in [-0.39, 0.29) is 17.7 Å². The van der Waals surface area contributed by atoms with Gasteiger partial charge in [0.2, 0.25) is 5.91 Å². The topological polar surface area (TPSA) is 62.6 Å². The fourth-order valence-corrected chi connectivity index (χ4v) is 3.30. The van der Waals surface area contributed by atoms with E-state index in [0.717, 1.165) is 31.7 Å². The fraction of sp³-hybridized carbons (Fsp3) is 0.700. The van der Waals surface area contributed by atoms with Gasteiger partial charge in [-0.1, -0.05) is 39.5 Å². The Morgan fingerprint density at radius 3 is 2.56 bits per heavy atom. The number of carbonyl (C=O) groups is 2. The molecule has 1 N–H and O–H groups in total. The molecule has 2 heterocycles. The maximum Gasteiger partial charge on any atom is 0.257 e. The molecule has 0 atom stereocenters. The number of carbonyl (C=O) groups excluding carboxylic acids is 2. The highest BCUT2D eigenvalue weighted by Crippen LogP contribution is 2.19. The van der Waals surface area contributed by atoms with Gasteiger partial charge in [-0.15, -0.1) is 0 Å². The van der Waals surface area contributed by atoms with E-state index in [2.05, 4.69) is 19.2 Å². The molecule has 0 spiro atoms. The Labute approximate surface area is 151 Å². The third kappa shape index (κ3) is 6.56. The second kappa shape index (κ2) is 10.3. The summed E-state index contributed by atoms with van der Waals surface area (Å²) >= 11 is 0. The van der Waals surface area contributed by atoms with Crippen LogP contribution in [0, 0.1) is 11.8 Å². The van der Waals surface area contributed by atoms with Gasteiger partial charge in [-0.3, -0.25) is 9.59 Å². The van der Waals surface area contributed by atoms with Crippen molar-refractivity contribution in [3.8, 4) is 0 Å². The van der Waals surface area contributed by atoms with Gasteiger partial charge in [0.1, 0.15) is 6.26 Å². The van der Waals surface area contributed by atoms with Crippen molar-refractivity contribution in [1.82, 2.24) is 10.2 Å². The predicted molar refractivity (Wildman–Crippen MR) is 98.3 cm³/mol. The number of amides is 2. The summed E-state index contributed by atoms with van der Waals surface area (Å²) in [5.41, 5.74) is 0.584. The van der Waals surface area contributed by atoms with Crippen LogP contribution in [-0.4, -0.2) is 36.3 Å². The minimum Gasteiger partial charge on any atom is -0.472 e. The van der Waals surface area contributed by atoms with Gasteiger partial charge in [-0.2, -0.15) is 0 Å². The number of piperidine rings is 1. The van der Waals surface area contributed by atoms with Gasteiger partial charge in [-0.05, 0) is 31.2 Å². The van der Waals surface area contributed by atoms with Gasteiger partial charge in [-0.25, -0.2) is 0 Å². The Hall–Kier alpha value is -1.78. The van der Waals surface area contributed by atoms with Crippen molar-refractivity contribution in [2.24, 2.45) is 11.8 Å². The van der Waals surface area contributed by atoms with Crippen molar-refractivity contribution >= 4 is 11.8 Å². The minimum absolute atomic E-state index is 0.00555. The first-order valence-corrected chi connectivity index (χ1v) is 9.67. The van der Waals surface area contributed by atoms with Crippen LogP contribution in [0.25, 0.3) is 0 Å². The van der Waals surface area contributed by atoms with Crippen molar-refractivity contribution in [1.29, 1.82) is 0 Å². The number of hydrogen-bond acceptors (Lipinski definition) is 3. The average Bonchev–Trinajstić information content (AvgIpc) is 3.14. The summed E-state index contributed by atoms with van der Waals surface area (Å²) in [5.74, 6) is 0.965. The van der Waals surface area contributed by atoms with Crippen LogP contribution in [0.3, 0.4) is 0 Å². The second-order valence-electron chi connectivity index (χ2n) is 7.47. The number of rotatable bonds is 9. The van der Waals surface area contributed by atoms with Crippen LogP contribution in [0.4, 0.5) is 0 Å². The Kier molecular flexibility index (Phi) is 8.02. The molecule has 0 aromatic carbocycles. The van der Waals surface area contributed by atoms with E-state index >= 15 is 0 Å². The molecule has 2 rings (SSSR count). The van der Waals surface area contributed by atoms with E-state index in [4.69, 9.17) is 4.42 Å². The van der Waals surface area contributed by atoms with E-state index < -0.39 is 0 Å². The number of nitrogens with zero attached hydrogens (tertiary/aromatic N) is 1. The van der Waals surface area contributed by atoms with Gasteiger partial charge in [0.15, 0.2) is 0 Å². The molecule has 140 valence electrons. The van der Waals surface area contributed by atoms with Crippen LogP contribution < -0.4 is 5.32 Å². The molecule has 0 aliphatic carbocycles. The number of hydrogen-bond donors (Lipinski definition) is 1. The molecule has 5 nitrogen and oxygen atoms in total. The number of furan rings is 1. The van der Waals surface area contributed by atoms with E-state index in [1.165, 1.54) is 38.2 Å². The van der Waals surface area contributed by atoms with Gasteiger partial charge in [0.25, 0.3) is 5.91 Å². The molecule has 0 radical (unpaired) electrons. The monoisotopic (exact) mass is 348 g/mol. The zero-order valence-corrected chi connectivity index (χ0v) is 15.6. The number of unbranched alkanes of at least 4 members (excludes halogenated alkanes) is 3. The van der Waals surface area contributed by atoms with E-state index in [1.54, 1.807) is 6.07 Å². The molecule has 1 aliphatic rings. The molecular formula is C20H32N2O3. The molecule has 1 aliphatic heterocycles. The molecule has 1 saturated heterocycles. The van der Waals surface area contributed by atoms with E-state index in [0.29, 0.717) is 18.7 Å². The highest BCUT2D eigenvalue weighted by molar-refractivity contribution is 5.94. The van der Waals surface area contributed by atoms with E-state index in [1.807, 2.05) is 4.90 Å². The van der Waals surface area contributed by atoms with Crippen molar-refractivity contribution < 1.29 is 14.0 Å². The molecule has 5 heteroatoms. The predicted octanol–water partition coefficient (Wildman–Crippen LogP) is 3.85. The average molecular weight is 348 g/mol. The summed E-state index contributed by atoms with van der Waals surface area (Å²) in [6.45, 7) is 6.56. The van der Waals surface area contributed by atoms with Gasteiger partial charge in [0.05, 0.1) is 11.8 Å². The van der Waals surface area contributed by atoms with Gasteiger partial charge in [0, 0.05) is 25.6 Å². The Bertz CT molecular complexity index is 517. The zero-order valence-electron chi connectivity index (χ0n) is 15.6. The Morgan fingerprint density at radius 2 is 1.92 bits per heavy atom. The van der Waals surface area contributed by atoms with Crippen molar-refractivity contribution in [2.45, 2.75) is 58.8 Å². The summed E-state index contributed by atoms with van der Waals surface area (Å²) in [5, 5.41) is 3.07. The lowest BCUT2D eigenvalue weighted by atomic mass is 9.95. The molecule has 1 aromatic rings. The fourth-order valence-electron chi connectivity index (χ4n) is 3.30. The summed E-state index contributed by atoms with van der Waals surface area (Å²) in [4.78, 5) is 26.3. The maximum atomic E-state index is 12.3. The molecule has 2 amide bonds. The first-order chi connectivity index (χ1) is 12.1. The van der Waals surface area contributed by atoms with Gasteiger partial charge < -0.3 is 14.6 Å². The molecule has 25 heavy (non-hydrogen) atoms. The van der Waals surface area contributed by atoms with Crippen LogP contribution in [0.2, 0.25) is 0 Å². The SMILES string of the molecule is CC(C)CCCCCCNC(=O)C1CCN(C(=O)c2ccoc2)CC1. The smallest absolute Gasteiger partial charge is 0.257 e. The lowest BCUT2D eigenvalue weighted by Gasteiger charge is -2.31. The number of nitrogens with one attached hydrogen (secondary N) is 1. The van der Waals surface area contributed by atoms with Crippen LogP contribution in [0.1, 0.15) is 69.2 Å². The summed E-state index contributed by atoms with van der Waals surface area (Å²) in [6.07, 6.45) is 10.5. The van der Waals surface area contributed by atoms with Crippen LogP contribution in [0.5, 0.6) is 0 Å². The molecule has 0 unspecified atom stereocenters. The second-order valence-corrected chi connectivity index (χ2v) is 7.47.